The van der Waals surface area contributed by atoms with E-state index in [1.54, 1.807) is 0 Å². The number of carbonyl (C=O) groups excluding carboxylic acids is 1. The van der Waals surface area contributed by atoms with Gasteiger partial charge < -0.3 is 5.32 Å². The lowest BCUT2D eigenvalue weighted by Crippen LogP contribution is -2.34. The standard InChI is InChI=1S/C20H25N3O2S/c1-13(18(24)21-14-11-12-14)26-20-22-17-10-6-5-9-16(17)19(25)23(20)15-7-3-2-4-8-15/h5-6,9-10,13-15H,2-4,7-8,11-12H2,1H3,(H,21,24)/t13-/m1/s1. The molecule has 0 spiro atoms. The van der Waals surface area contributed by atoms with Gasteiger partial charge in [-0.25, -0.2) is 4.98 Å². The number of carbonyl (C=O) groups is 1. The summed E-state index contributed by atoms with van der Waals surface area (Å²) in [5, 5.41) is 4.13. The Morgan fingerprint density at radius 3 is 2.65 bits per heavy atom. The van der Waals surface area contributed by atoms with E-state index in [1.807, 2.05) is 35.8 Å². The van der Waals surface area contributed by atoms with E-state index < -0.39 is 0 Å². The van der Waals surface area contributed by atoms with Crippen molar-refractivity contribution < 1.29 is 4.79 Å². The Labute approximate surface area is 157 Å². The lowest BCUT2D eigenvalue weighted by Gasteiger charge is -2.26. The van der Waals surface area contributed by atoms with Crippen molar-refractivity contribution in [1.29, 1.82) is 0 Å². The highest BCUT2D eigenvalue weighted by atomic mass is 32.2. The summed E-state index contributed by atoms with van der Waals surface area (Å²) in [6, 6.07) is 8.04. The highest BCUT2D eigenvalue weighted by molar-refractivity contribution is 8.00. The SMILES string of the molecule is C[C@@H](Sc1nc2ccccc2c(=O)n1C1CCCCC1)C(=O)NC1CC1. The molecule has 26 heavy (non-hydrogen) atoms. The molecule has 0 bridgehead atoms. The van der Waals surface area contributed by atoms with E-state index in [9.17, 15) is 9.59 Å². The second-order valence-electron chi connectivity index (χ2n) is 7.42. The molecule has 1 amide bonds. The van der Waals surface area contributed by atoms with Crippen molar-refractivity contribution in [2.75, 3.05) is 0 Å². The van der Waals surface area contributed by atoms with Crippen molar-refractivity contribution in [3.8, 4) is 0 Å². The van der Waals surface area contributed by atoms with E-state index >= 15 is 0 Å². The fourth-order valence-electron chi connectivity index (χ4n) is 3.63. The number of amides is 1. The first kappa shape index (κ1) is 17.6. The predicted octanol–water partition coefficient (Wildman–Crippen LogP) is 3.66. The Morgan fingerprint density at radius 2 is 1.92 bits per heavy atom. The van der Waals surface area contributed by atoms with Crippen LogP contribution in [-0.2, 0) is 4.79 Å². The summed E-state index contributed by atoms with van der Waals surface area (Å²) in [6.07, 6.45) is 7.69. The van der Waals surface area contributed by atoms with Crippen LogP contribution in [0.4, 0.5) is 0 Å². The highest BCUT2D eigenvalue weighted by Crippen LogP contribution is 2.32. The number of fused-ring (bicyclic) bond motifs is 1. The molecule has 0 saturated heterocycles. The van der Waals surface area contributed by atoms with Crippen LogP contribution >= 0.6 is 11.8 Å². The van der Waals surface area contributed by atoms with Gasteiger partial charge in [-0.3, -0.25) is 14.2 Å². The first-order chi connectivity index (χ1) is 12.6. The minimum absolute atomic E-state index is 0.0276. The Hall–Kier alpha value is -1.82. The topological polar surface area (TPSA) is 64.0 Å². The van der Waals surface area contributed by atoms with E-state index in [4.69, 9.17) is 4.98 Å². The number of benzene rings is 1. The van der Waals surface area contributed by atoms with Crippen LogP contribution in [0.1, 0.15) is 57.9 Å². The molecule has 1 aromatic heterocycles. The van der Waals surface area contributed by atoms with Gasteiger partial charge in [0.2, 0.25) is 5.91 Å². The van der Waals surface area contributed by atoms with Gasteiger partial charge in [-0.2, -0.15) is 0 Å². The van der Waals surface area contributed by atoms with E-state index in [1.165, 1.54) is 18.2 Å². The maximum absolute atomic E-state index is 13.2. The van der Waals surface area contributed by atoms with Crippen LogP contribution in [-0.4, -0.2) is 26.8 Å². The largest absolute Gasteiger partial charge is 0.352 e. The summed E-state index contributed by atoms with van der Waals surface area (Å²) >= 11 is 1.41. The van der Waals surface area contributed by atoms with Gasteiger partial charge in [0.25, 0.3) is 5.56 Å². The van der Waals surface area contributed by atoms with Gasteiger partial charge in [-0.1, -0.05) is 43.2 Å². The molecular weight excluding hydrogens is 346 g/mol. The first-order valence-electron chi connectivity index (χ1n) is 9.62. The van der Waals surface area contributed by atoms with Gasteiger partial charge in [-0.05, 0) is 44.7 Å². The molecule has 0 aliphatic heterocycles. The first-order valence-corrected chi connectivity index (χ1v) is 10.5. The Bertz CT molecular complexity index is 869. The molecule has 5 nitrogen and oxygen atoms in total. The Kier molecular flexibility index (Phi) is 5.02. The fourth-order valence-corrected chi connectivity index (χ4v) is 4.62. The number of para-hydroxylation sites is 1. The van der Waals surface area contributed by atoms with E-state index in [0.717, 1.165) is 38.5 Å². The van der Waals surface area contributed by atoms with Crippen LogP contribution in [0.5, 0.6) is 0 Å². The quantitative estimate of drug-likeness (QED) is 0.643. The molecule has 138 valence electrons. The van der Waals surface area contributed by atoms with Crippen LogP contribution in [0.25, 0.3) is 10.9 Å². The number of aromatic nitrogens is 2. The van der Waals surface area contributed by atoms with Crippen molar-refractivity contribution in [3.63, 3.8) is 0 Å². The molecule has 2 aliphatic rings. The predicted molar refractivity (Wildman–Crippen MR) is 105 cm³/mol. The number of hydrogen-bond donors (Lipinski definition) is 1. The molecule has 1 N–H and O–H groups in total. The second-order valence-corrected chi connectivity index (χ2v) is 8.73. The van der Waals surface area contributed by atoms with Crippen molar-refractivity contribution in [2.24, 2.45) is 0 Å². The van der Waals surface area contributed by atoms with Gasteiger partial charge in [0.1, 0.15) is 0 Å². The Balaban J connectivity index is 1.70. The number of rotatable bonds is 5. The van der Waals surface area contributed by atoms with E-state index in [0.29, 0.717) is 22.1 Å². The summed E-state index contributed by atoms with van der Waals surface area (Å²) in [4.78, 5) is 30.4. The van der Waals surface area contributed by atoms with Crippen LogP contribution in [0.2, 0.25) is 0 Å². The third-order valence-electron chi connectivity index (χ3n) is 5.29. The fraction of sp³-hybridized carbons (Fsp3) is 0.550. The molecule has 2 saturated carbocycles. The number of nitrogens with one attached hydrogen (secondary N) is 1. The summed E-state index contributed by atoms with van der Waals surface area (Å²) in [6.45, 7) is 1.90. The van der Waals surface area contributed by atoms with E-state index in [2.05, 4.69) is 5.32 Å². The van der Waals surface area contributed by atoms with Gasteiger partial charge in [0.15, 0.2) is 5.16 Å². The molecule has 0 unspecified atom stereocenters. The lowest BCUT2D eigenvalue weighted by molar-refractivity contribution is -0.120. The number of thioether (sulfide) groups is 1. The molecule has 1 atom stereocenters. The zero-order chi connectivity index (χ0) is 18.1. The molecular formula is C20H25N3O2S. The van der Waals surface area contributed by atoms with Crippen LogP contribution in [0.15, 0.2) is 34.2 Å². The minimum Gasteiger partial charge on any atom is -0.352 e. The minimum atomic E-state index is -0.265. The van der Waals surface area contributed by atoms with Gasteiger partial charge in [0, 0.05) is 12.1 Å². The van der Waals surface area contributed by atoms with Crippen LogP contribution in [0, 0.1) is 0 Å². The molecule has 1 heterocycles. The average Bonchev–Trinajstić information content (AvgIpc) is 3.46. The molecule has 1 aromatic carbocycles. The molecule has 2 aliphatic carbocycles. The summed E-state index contributed by atoms with van der Waals surface area (Å²) in [5.41, 5.74) is 0.738. The Morgan fingerprint density at radius 1 is 1.19 bits per heavy atom. The van der Waals surface area contributed by atoms with Crippen molar-refractivity contribution in [3.05, 3.63) is 34.6 Å². The normalized spacial score (nSPS) is 19.4. The molecule has 2 fully saturated rings. The number of nitrogens with zero attached hydrogens (tertiary/aromatic N) is 2. The van der Waals surface area contributed by atoms with Crippen LogP contribution in [0.3, 0.4) is 0 Å². The molecule has 0 radical (unpaired) electrons. The summed E-state index contributed by atoms with van der Waals surface area (Å²) in [7, 11) is 0. The van der Waals surface area contributed by atoms with Gasteiger partial charge in [-0.15, -0.1) is 0 Å². The lowest BCUT2D eigenvalue weighted by atomic mass is 9.95. The average molecular weight is 372 g/mol. The number of hydrogen-bond acceptors (Lipinski definition) is 4. The van der Waals surface area contributed by atoms with Crippen LogP contribution < -0.4 is 10.9 Å². The smallest absolute Gasteiger partial charge is 0.262 e. The maximum Gasteiger partial charge on any atom is 0.262 e. The molecule has 4 rings (SSSR count). The third kappa shape index (κ3) is 3.65. The second kappa shape index (κ2) is 7.43. The van der Waals surface area contributed by atoms with E-state index in [-0.39, 0.29) is 22.8 Å². The van der Waals surface area contributed by atoms with Gasteiger partial charge >= 0.3 is 0 Å². The van der Waals surface area contributed by atoms with Crippen molar-refractivity contribution >= 4 is 28.6 Å². The third-order valence-corrected chi connectivity index (χ3v) is 6.36. The monoisotopic (exact) mass is 371 g/mol. The zero-order valence-corrected chi connectivity index (χ0v) is 15.9. The zero-order valence-electron chi connectivity index (χ0n) is 15.1. The molecule has 6 heteroatoms. The van der Waals surface area contributed by atoms with Gasteiger partial charge in [0.05, 0.1) is 16.2 Å². The highest BCUT2D eigenvalue weighted by Gasteiger charge is 2.28. The molecule has 2 aromatic rings. The summed E-state index contributed by atoms with van der Waals surface area (Å²) < 4.78 is 1.87. The summed E-state index contributed by atoms with van der Waals surface area (Å²) in [5.74, 6) is 0.0371. The maximum atomic E-state index is 13.2. The van der Waals surface area contributed by atoms with Crippen molar-refractivity contribution in [1.82, 2.24) is 14.9 Å². The van der Waals surface area contributed by atoms with Crippen molar-refractivity contribution in [2.45, 2.75) is 74.4 Å².